The van der Waals surface area contributed by atoms with Crippen LogP contribution in [0.2, 0.25) is 5.02 Å². The van der Waals surface area contributed by atoms with E-state index in [9.17, 15) is 8.42 Å². The maximum atomic E-state index is 12.9. The molecule has 0 fully saturated rings. The van der Waals surface area contributed by atoms with Gasteiger partial charge in [0.05, 0.1) is 16.3 Å². The first-order valence-corrected chi connectivity index (χ1v) is 8.79. The molecular formula is C15H16ClN3O2S. The van der Waals surface area contributed by atoms with E-state index in [1.165, 1.54) is 10.4 Å². The van der Waals surface area contributed by atoms with Crippen molar-refractivity contribution in [1.82, 2.24) is 4.98 Å². The Morgan fingerprint density at radius 1 is 1.32 bits per heavy atom. The summed E-state index contributed by atoms with van der Waals surface area (Å²) >= 11 is 5.92. The van der Waals surface area contributed by atoms with Gasteiger partial charge < -0.3 is 5.73 Å². The number of pyridine rings is 1. The summed E-state index contributed by atoms with van der Waals surface area (Å²) in [6, 6.07) is 9.81. The standard InChI is InChI=1S/C15H16ClN3O2S/c16-12-3-1-4-13(9-12)22(20,21)19-10-11(6-7-17)15-14(19)5-2-8-18-15/h1-5,8-9,11H,6-7,10,17H2. The number of hydrogen-bond acceptors (Lipinski definition) is 4. The van der Waals surface area contributed by atoms with Gasteiger partial charge in [0.25, 0.3) is 10.0 Å². The van der Waals surface area contributed by atoms with Crippen LogP contribution in [0, 0.1) is 0 Å². The summed E-state index contributed by atoms with van der Waals surface area (Å²) in [4.78, 5) is 4.53. The molecule has 2 aromatic rings. The van der Waals surface area contributed by atoms with E-state index in [0.717, 1.165) is 5.69 Å². The normalized spacial score (nSPS) is 17.5. The first-order chi connectivity index (χ1) is 10.5. The molecule has 1 aliphatic heterocycles. The van der Waals surface area contributed by atoms with Crippen molar-refractivity contribution in [3.63, 3.8) is 0 Å². The molecule has 2 heterocycles. The van der Waals surface area contributed by atoms with Gasteiger partial charge in [-0.25, -0.2) is 8.42 Å². The van der Waals surface area contributed by atoms with Crippen LogP contribution >= 0.6 is 11.6 Å². The number of anilines is 1. The lowest BCUT2D eigenvalue weighted by molar-refractivity contribution is 0.585. The third-order valence-electron chi connectivity index (χ3n) is 3.76. The maximum absolute atomic E-state index is 12.9. The molecule has 1 aliphatic rings. The van der Waals surface area contributed by atoms with Gasteiger partial charge in [0.15, 0.2) is 0 Å². The van der Waals surface area contributed by atoms with Crippen molar-refractivity contribution >= 4 is 27.3 Å². The van der Waals surface area contributed by atoms with E-state index in [2.05, 4.69) is 4.98 Å². The zero-order valence-electron chi connectivity index (χ0n) is 11.8. The van der Waals surface area contributed by atoms with Crippen LogP contribution in [0.1, 0.15) is 18.0 Å². The van der Waals surface area contributed by atoms with Crippen molar-refractivity contribution in [3.8, 4) is 0 Å². The van der Waals surface area contributed by atoms with Gasteiger partial charge in [-0.3, -0.25) is 9.29 Å². The van der Waals surface area contributed by atoms with E-state index in [0.29, 0.717) is 30.2 Å². The van der Waals surface area contributed by atoms with Crippen molar-refractivity contribution in [1.29, 1.82) is 0 Å². The number of hydrogen-bond donors (Lipinski definition) is 1. The molecule has 0 saturated carbocycles. The Balaban J connectivity index is 2.05. The number of fused-ring (bicyclic) bond motifs is 1. The summed E-state index contributed by atoms with van der Waals surface area (Å²) in [7, 11) is -3.66. The lowest BCUT2D eigenvalue weighted by atomic mass is 10.0. The second kappa shape index (κ2) is 5.87. The van der Waals surface area contributed by atoms with E-state index < -0.39 is 10.0 Å². The van der Waals surface area contributed by atoms with Gasteiger partial charge in [0, 0.05) is 23.7 Å². The van der Waals surface area contributed by atoms with Gasteiger partial charge in [0.1, 0.15) is 0 Å². The van der Waals surface area contributed by atoms with Gasteiger partial charge in [-0.05, 0) is 43.3 Å². The predicted octanol–water partition coefficient (Wildman–Crippen LogP) is 2.38. The van der Waals surface area contributed by atoms with E-state index in [1.54, 1.807) is 36.5 Å². The summed E-state index contributed by atoms with van der Waals surface area (Å²) in [5.74, 6) is 0.0233. The second-order valence-corrected chi connectivity index (χ2v) is 7.47. The fourth-order valence-corrected chi connectivity index (χ4v) is 4.56. The van der Waals surface area contributed by atoms with Gasteiger partial charge in [-0.1, -0.05) is 17.7 Å². The number of aromatic nitrogens is 1. The summed E-state index contributed by atoms with van der Waals surface area (Å²) in [5, 5.41) is 0.394. The molecule has 2 N–H and O–H groups in total. The van der Waals surface area contributed by atoms with E-state index in [-0.39, 0.29) is 10.8 Å². The van der Waals surface area contributed by atoms with E-state index in [1.807, 2.05) is 0 Å². The molecule has 22 heavy (non-hydrogen) atoms. The van der Waals surface area contributed by atoms with Crippen molar-refractivity contribution in [2.75, 3.05) is 17.4 Å². The molecule has 0 saturated heterocycles. The minimum atomic E-state index is -3.66. The van der Waals surface area contributed by atoms with Crippen LogP contribution in [0.3, 0.4) is 0 Å². The molecule has 0 spiro atoms. The maximum Gasteiger partial charge on any atom is 0.264 e. The highest BCUT2D eigenvalue weighted by atomic mass is 35.5. The van der Waals surface area contributed by atoms with Crippen LogP contribution < -0.4 is 10.0 Å². The Labute approximate surface area is 134 Å². The SMILES string of the molecule is NCCC1CN(S(=O)(=O)c2cccc(Cl)c2)c2cccnc21. The second-order valence-electron chi connectivity index (χ2n) is 5.18. The number of nitrogens with two attached hydrogens (primary N) is 1. The summed E-state index contributed by atoms with van der Waals surface area (Å²) in [5.41, 5.74) is 7.05. The number of rotatable bonds is 4. The summed E-state index contributed by atoms with van der Waals surface area (Å²) < 4.78 is 27.2. The zero-order chi connectivity index (χ0) is 15.7. The molecule has 116 valence electrons. The van der Waals surface area contributed by atoms with Gasteiger partial charge in [0.2, 0.25) is 0 Å². The Morgan fingerprint density at radius 3 is 2.86 bits per heavy atom. The topological polar surface area (TPSA) is 76.3 Å². The largest absolute Gasteiger partial charge is 0.330 e. The third kappa shape index (κ3) is 2.58. The Hall–Kier alpha value is -1.63. The minimum absolute atomic E-state index is 0.0233. The Bertz CT molecular complexity index is 795. The Kier molecular flexibility index (Phi) is 4.08. The number of halogens is 1. The zero-order valence-corrected chi connectivity index (χ0v) is 13.4. The molecule has 7 heteroatoms. The average Bonchev–Trinajstić information content (AvgIpc) is 2.88. The van der Waals surface area contributed by atoms with Gasteiger partial charge >= 0.3 is 0 Å². The van der Waals surface area contributed by atoms with Gasteiger partial charge in [-0.15, -0.1) is 0 Å². The van der Waals surface area contributed by atoms with Crippen LogP contribution in [0.25, 0.3) is 0 Å². The molecule has 5 nitrogen and oxygen atoms in total. The molecule has 0 amide bonds. The highest BCUT2D eigenvalue weighted by molar-refractivity contribution is 7.92. The molecule has 3 rings (SSSR count). The van der Waals surface area contributed by atoms with Crippen molar-refractivity contribution in [3.05, 3.63) is 53.3 Å². The smallest absolute Gasteiger partial charge is 0.264 e. The highest BCUT2D eigenvalue weighted by Gasteiger charge is 2.37. The molecule has 0 radical (unpaired) electrons. The minimum Gasteiger partial charge on any atom is -0.330 e. The molecule has 1 aromatic heterocycles. The van der Waals surface area contributed by atoms with Crippen molar-refractivity contribution in [2.45, 2.75) is 17.2 Å². The van der Waals surface area contributed by atoms with Crippen LogP contribution in [0.15, 0.2) is 47.5 Å². The first-order valence-electron chi connectivity index (χ1n) is 6.97. The lowest BCUT2D eigenvalue weighted by Crippen LogP contribution is -2.30. The summed E-state index contributed by atoms with van der Waals surface area (Å²) in [6.07, 6.45) is 2.38. The number of benzene rings is 1. The highest BCUT2D eigenvalue weighted by Crippen LogP contribution is 2.39. The number of sulfonamides is 1. The molecule has 1 unspecified atom stereocenters. The van der Waals surface area contributed by atoms with Crippen LogP contribution in [0.5, 0.6) is 0 Å². The van der Waals surface area contributed by atoms with E-state index in [4.69, 9.17) is 17.3 Å². The average molecular weight is 338 g/mol. The van der Waals surface area contributed by atoms with Crippen LogP contribution in [0.4, 0.5) is 5.69 Å². The van der Waals surface area contributed by atoms with E-state index >= 15 is 0 Å². The molecular weight excluding hydrogens is 322 g/mol. The molecule has 1 atom stereocenters. The molecule has 0 aliphatic carbocycles. The predicted molar refractivity (Wildman–Crippen MR) is 86.6 cm³/mol. The first kappa shape index (κ1) is 15.3. The van der Waals surface area contributed by atoms with Crippen LogP contribution in [-0.4, -0.2) is 26.5 Å². The van der Waals surface area contributed by atoms with Crippen LogP contribution in [-0.2, 0) is 10.0 Å². The lowest BCUT2D eigenvalue weighted by Gasteiger charge is -2.20. The Morgan fingerprint density at radius 2 is 2.14 bits per heavy atom. The monoisotopic (exact) mass is 337 g/mol. The quantitative estimate of drug-likeness (QED) is 0.929. The van der Waals surface area contributed by atoms with Gasteiger partial charge in [-0.2, -0.15) is 0 Å². The number of nitrogens with zero attached hydrogens (tertiary/aromatic N) is 2. The van der Waals surface area contributed by atoms with Crippen molar-refractivity contribution < 1.29 is 8.42 Å². The molecule has 0 bridgehead atoms. The third-order valence-corrected chi connectivity index (χ3v) is 5.77. The molecule has 1 aromatic carbocycles. The fraction of sp³-hybridized carbons (Fsp3) is 0.267. The fourth-order valence-electron chi connectivity index (χ4n) is 2.73. The summed E-state index contributed by atoms with van der Waals surface area (Å²) in [6.45, 7) is 0.851. The van der Waals surface area contributed by atoms with Crippen molar-refractivity contribution in [2.24, 2.45) is 5.73 Å².